The zero-order valence-corrected chi connectivity index (χ0v) is 16.7. The lowest BCUT2D eigenvalue weighted by Gasteiger charge is -2.36. The van der Waals surface area contributed by atoms with Crippen LogP contribution in [-0.4, -0.2) is 23.8 Å². The van der Waals surface area contributed by atoms with Crippen molar-refractivity contribution in [1.82, 2.24) is 4.90 Å². The highest BCUT2D eigenvalue weighted by Crippen LogP contribution is 2.47. The lowest BCUT2D eigenvalue weighted by molar-refractivity contribution is -0.129. The molecule has 4 heteroatoms. The fourth-order valence-electron chi connectivity index (χ4n) is 4.03. The lowest BCUT2D eigenvalue weighted by Crippen LogP contribution is -2.38. The van der Waals surface area contributed by atoms with Crippen LogP contribution in [0.15, 0.2) is 53.5 Å². The van der Waals surface area contributed by atoms with Gasteiger partial charge in [-0.05, 0) is 42.5 Å². The Hall–Kier alpha value is -2.62. The van der Waals surface area contributed by atoms with E-state index in [9.17, 15) is 4.79 Å². The first-order valence-corrected chi connectivity index (χ1v) is 9.67. The molecule has 1 unspecified atom stereocenters. The average Bonchev–Trinajstić information content (AvgIpc) is 2.78. The zero-order valence-electron chi connectivity index (χ0n) is 16.7. The summed E-state index contributed by atoms with van der Waals surface area (Å²) in [5.74, 6) is 0.340. The van der Waals surface area contributed by atoms with E-state index >= 15 is 0 Å². The molecule has 0 aromatic heterocycles. The molecule has 2 aromatic rings. The van der Waals surface area contributed by atoms with Gasteiger partial charge in [0, 0.05) is 18.9 Å². The number of aryl methyl sites for hydroxylation is 1. The summed E-state index contributed by atoms with van der Waals surface area (Å²) in [5.41, 5.74) is 10.6. The summed E-state index contributed by atoms with van der Waals surface area (Å²) in [7, 11) is 1.71. The van der Waals surface area contributed by atoms with Crippen LogP contribution in [0.2, 0.25) is 0 Å². The van der Waals surface area contributed by atoms with E-state index in [1.54, 1.807) is 7.05 Å². The fourth-order valence-corrected chi connectivity index (χ4v) is 4.03. The molecule has 1 heterocycles. The molecule has 1 aliphatic heterocycles. The van der Waals surface area contributed by atoms with E-state index in [4.69, 9.17) is 10.7 Å². The van der Waals surface area contributed by atoms with Gasteiger partial charge in [0.25, 0.3) is 0 Å². The van der Waals surface area contributed by atoms with E-state index in [2.05, 4.69) is 69.3 Å². The average molecular weight is 364 g/mol. The SMILES string of the molecule is CCC1(CC)CC(=O)N(C)C(N)=NC1c1cccc(-c2cccc(C)c2)c1. The standard InChI is InChI=1S/C23H29N3O/c1-5-23(6-2)15-20(27)26(4)22(24)25-21(23)19-12-8-11-18(14-19)17-10-7-9-16(3)13-17/h7-14,21H,5-6,15H2,1-4H3,(H2,24,25). The Morgan fingerprint density at radius 2 is 1.74 bits per heavy atom. The second-order valence-electron chi connectivity index (χ2n) is 7.58. The monoisotopic (exact) mass is 363 g/mol. The molecule has 0 saturated carbocycles. The van der Waals surface area contributed by atoms with E-state index < -0.39 is 0 Å². The molecular formula is C23H29N3O. The quantitative estimate of drug-likeness (QED) is 0.857. The third kappa shape index (κ3) is 3.61. The molecule has 0 radical (unpaired) electrons. The second-order valence-corrected chi connectivity index (χ2v) is 7.58. The molecule has 0 bridgehead atoms. The molecule has 27 heavy (non-hydrogen) atoms. The number of carbonyl (C=O) groups is 1. The molecule has 0 fully saturated rings. The Kier molecular flexibility index (Phi) is 5.36. The van der Waals surface area contributed by atoms with Crippen molar-refractivity contribution in [3.8, 4) is 11.1 Å². The predicted molar refractivity (Wildman–Crippen MR) is 111 cm³/mol. The second kappa shape index (κ2) is 7.55. The van der Waals surface area contributed by atoms with Crippen LogP contribution in [0.4, 0.5) is 0 Å². The molecule has 1 amide bonds. The number of nitrogens with zero attached hydrogens (tertiary/aromatic N) is 2. The molecule has 142 valence electrons. The van der Waals surface area contributed by atoms with Gasteiger partial charge in [0.1, 0.15) is 0 Å². The number of hydrogen-bond acceptors (Lipinski definition) is 3. The summed E-state index contributed by atoms with van der Waals surface area (Å²) in [6.45, 7) is 6.39. The van der Waals surface area contributed by atoms with E-state index in [-0.39, 0.29) is 17.4 Å². The van der Waals surface area contributed by atoms with Crippen molar-refractivity contribution < 1.29 is 4.79 Å². The normalized spacial score (nSPS) is 19.6. The Morgan fingerprint density at radius 1 is 1.11 bits per heavy atom. The number of amides is 1. The number of hydrogen-bond donors (Lipinski definition) is 1. The summed E-state index contributed by atoms with van der Waals surface area (Å²) in [4.78, 5) is 18.9. The minimum Gasteiger partial charge on any atom is -0.369 e. The summed E-state index contributed by atoms with van der Waals surface area (Å²) in [6.07, 6.45) is 2.21. The first-order valence-electron chi connectivity index (χ1n) is 9.67. The van der Waals surface area contributed by atoms with Gasteiger partial charge < -0.3 is 5.73 Å². The van der Waals surface area contributed by atoms with Crippen molar-refractivity contribution in [2.75, 3.05) is 7.05 Å². The first-order chi connectivity index (χ1) is 12.9. The van der Waals surface area contributed by atoms with E-state index in [1.165, 1.54) is 16.0 Å². The van der Waals surface area contributed by atoms with Gasteiger partial charge in [-0.15, -0.1) is 0 Å². The van der Waals surface area contributed by atoms with Crippen molar-refractivity contribution in [3.63, 3.8) is 0 Å². The van der Waals surface area contributed by atoms with Gasteiger partial charge in [-0.3, -0.25) is 9.69 Å². The van der Waals surface area contributed by atoms with Gasteiger partial charge >= 0.3 is 0 Å². The van der Waals surface area contributed by atoms with Gasteiger partial charge in [-0.25, -0.2) is 4.99 Å². The Bertz CT molecular complexity index is 867. The predicted octanol–water partition coefficient (Wildman–Crippen LogP) is 4.69. The number of carbonyl (C=O) groups excluding carboxylic acids is 1. The number of nitrogens with two attached hydrogens (primary N) is 1. The van der Waals surface area contributed by atoms with Gasteiger partial charge in [-0.2, -0.15) is 0 Å². The van der Waals surface area contributed by atoms with Crippen molar-refractivity contribution in [3.05, 3.63) is 59.7 Å². The van der Waals surface area contributed by atoms with Crippen LogP contribution in [0, 0.1) is 12.3 Å². The number of guanidine groups is 1. The van der Waals surface area contributed by atoms with Crippen LogP contribution in [0.5, 0.6) is 0 Å². The summed E-state index contributed by atoms with van der Waals surface area (Å²) < 4.78 is 0. The molecule has 0 aliphatic carbocycles. The van der Waals surface area contributed by atoms with Crippen molar-refractivity contribution in [2.24, 2.45) is 16.1 Å². The minimum absolute atomic E-state index is 0.0392. The molecular weight excluding hydrogens is 334 g/mol. The molecule has 3 rings (SSSR count). The lowest BCUT2D eigenvalue weighted by atomic mass is 9.70. The number of rotatable bonds is 4. The third-order valence-electron chi connectivity index (χ3n) is 6.02. The molecule has 2 N–H and O–H groups in total. The molecule has 1 aliphatic rings. The highest BCUT2D eigenvalue weighted by atomic mass is 16.2. The topological polar surface area (TPSA) is 58.7 Å². The Morgan fingerprint density at radius 3 is 2.37 bits per heavy atom. The van der Waals surface area contributed by atoms with Gasteiger partial charge in [-0.1, -0.05) is 61.9 Å². The Balaban J connectivity index is 2.12. The summed E-state index contributed by atoms with van der Waals surface area (Å²) in [5, 5.41) is 0. The maximum absolute atomic E-state index is 12.6. The summed E-state index contributed by atoms with van der Waals surface area (Å²) in [6, 6.07) is 16.9. The molecule has 1 atom stereocenters. The highest BCUT2D eigenvalue weighted by Gasteiger charge is 2.42. The van der Waals surface area contributed by atoms with E-state index in [1.807, 2.05) is 0 Å². The van der Waals surface area contributed by atoms with Crippen LogP contribution < -0.4 is 5.73 Å². The van der Waals surface area contributed by atoms with Crippen LogP contribution >= 0.6 is 0 Å². The highest BCUT2D eigenvalue weighted by molar-refractivity contribution is 5.97. The largest absolute Gasteiger partial charge is 0.369 e. The number of aliphatic imine (C=N–C) groups is 1. The van der Waals surface area contributed by atoms with Crippen LogP contribution in [0.1, 0.15) is 50.3 Å². The maximum atomic E-state index is 12.6. The van der Waals surface area contributed by atoms with Gasteiger partial charge in [0.15, 0.2) is 5.96 Å². The summed E-state index contributed by atoms with van der Waals surface area (Å²) >= 11 is 0. The Labute approximate surface area is 162 Å². The molecule has 0 saturated heterocycles. The van der Waals surface area contributed by atoms with E-state index in [0.717, 1.165) is 24.0 Å². The third-order valence-corrected chi connectivity index (χ3v) is 6.02. The van der Waals surface area contributed by atoms with Crippen LogP contribution in [0.25, 0.3) is 11.1 Å². The zero-order chi connectivity index (χ0) is 19.6. The molecule has 0 spiro atoms. The maximum Gasteiger partial charge on any atom is 0.229 e. The van der Waals surface area contributed by atoms with Gasteiger partial charge in [0.05, 0.1) is 6.04 Å². The number of benzene rings is 2. The van der Waals surface area contributed by atoms with Crippen molar-refractivity contribution in [2.45, 2.75) is 46.1 Å². The smallest absolute Gasteiger partial charge is 0.229 e. The van der Waals surface area contributed by atoms with Gasteiger partial charge in [0.2, 0.25) is 5.91 Å². The van der Waals surface area contributed by atoms with Crippen molar-refractivity contribution >= 4 is 11.9 Å². The minimum atomic E-state index is -0.225. The van der Waals surface area contributed by atoms with Crippen LogP contribution in [-0.2, 0) is 4.79 Å². The van der Waals surface area contributed by atoms with Crippen LogP contribution in [0.3, 0.4) is 0 Å². The molecule has 2 aromatic carbocycles. The fraction of sp³-hybridized carbons (Fsp3) is 0.391. The van der Waals surface area contributed by atoms with E-state index in [0.29, 0.717) is 12.4 Å². The van der Waals surface area contributed by atoms with Crippen molar-refractivity contribution in [1.29, 1.82) is 0 Å². The molecule has 4 nitrogen and oxygen atoms in total. The first kappa shape index (κ1) is 19.2.